The highest BCUT2D eigenvalue weighted by Gasteiger charge is 2.35. The molecule has 4 atom stereocenters. The fourth-order valence-corrected chi connectivity index (χ4v) is 5.96. The van der Waals surface area contributed by atoms with Crippen LogP contribution in [0.3, 0.4) is 0 Å². The van der Waals surface area contributed by atoms with Crippen LogP contribution in [0.5, 0.6) is 0 Å². The number of nitrogens with zero attached hydrogens (tertiary/aromatic N) is 3. The van der Waals surface area contributed by atoms with Crippen LogP contribution in [-0.4, -0.2) is 85.6 Å². The molecule has 0 radical (unpaired) electrons. The van der Waals surface area contributed by atoms with Gasteiger partial charge in [-0.2, -0.15) is 13.2 Å². The average Bonchev–Trinajstić information content (AvgIpc) is 3.36. The van der Waals surface area contributed by atoms with E-state index < -0.39 is 11.7 Å². The van der Waals surface area contributed by atoms with E-state index in [-0.39, 0.29) is 23.6 Å². The van der Waals surface area contributed by atoms with Gasteiger partial charge in [0.15, 0.2) is 0 Å². The van der Waals surface area contributed by atoms with Gasteiger partial charge in [-0.05, 0) is 49.8 Å². The topological polar surface area (TPSA) is 50.9 Å². The van der Waals surface area contributed by atoms with Crippen LogP contribution in [0.1, 0.15) is 45.1 Å². The first-order chi connectivity index (χ1) is 17.7. The quantitative estimate of drug-likeness (QED) is 0.484. The number of alkyl halides is 3. The maximum atomic E-state index is 13.4. The number of hydrogen-bond acceptors (Lipinski definition) is 5. The van der Waals surface area contributed by atoms with Gasteiger partial charge in [-0.1, -0.05) is 26.0 Å². The lowest BCUT2D eigenvalue weighted by Gasteiger charge is -2.40. The van der Waals surface area contributed by atoms with Crippen LogP contribution < -0.4 is 10.6 Å². The average molecular weight is 522 g/mol. The van der Waals surface area contributed by atoms with E-state index in [1.165, 1.54) is 32.4 Å². The summed E-state index contributed by atoms with van der Waals surface area (Å²) >= 11 is 0. The predicted octanol–water partition coefficient (Wildman–Crippen LogP) is 4.76. The minimum atomic E-state index is -4.43. The van der Waals surface area contributed by atoms with Gasteiger partial charge < -0.3 is 20.4 Å². The van der Waals surface area contributed by atoms with Gasteiger partial charge >= 0.3 is 6.18 Å². The molecule has 2 saturated heterocycles. The van der Waals surface area contributed by atoms with E-state index >= 15 is 0 Å². The Kier molecular flexibility index (Phi) is 9.06. The smallest absolute Gasteiger partial charge is 0.388 e. The molecule has 0 bridgehead atoms. The third-order valence-corrected chi connectivity index (χ3v) is 8.26. The molecule has 2 fully saturated rings. The third kappa shape index (κ3) is 6.99. The standard InChI is InChI=1S/C28H42F3N5O/c1-4-21-5-8-24(9-6-21)35-15-13-34(14-16-35)18-20(2)27(37)36-12-11-23(19-36)33-22-7-10-26(32-3)25(17-22)28(29,30)31/h5,7-8,10,17,20-21,23-24,32-33H,4,6,9,11-16,18-19H2,1-3H3/t20?,21?,23-,24?/m1/s1. The lowest BCUT2D eigenvalue weighted by molar-refractivity contribution is -0.137. The van der Waals surface area contributed by atoms with E-state index in [1.54, 1.807) is 6.07 Å². The summed E-state index contributed by atoms with van der Waals surface area (Å²) in [5.41, 5.74) is -0.213. The second-order valence-corrected chi connectivity index (χ2v) is 10.9. The first-order valence-electron chi connectivity index (χ1n) is 13.8. The molecule has 3 unspecified atom stereocenters. The van der Waals surface area contributed by atoms with Crippen LogP contribution in [0.4, 0.5) is 24.5 Å². The number of anilines is 2. The van der Waals surface area contributed by atoms with Crippen LogP contribution in [0.15, 0.2) is 30.4 Å². The second-order valence-electron chi connectivity index (χ2n) is 10.9. The fourth-order valence-electron chi connectivity index (χ4n) is 5.96. The lowest BCUT2D eigenvalue weighted by atomic mass is 9.90. The van der Waals surface area contributed by atoms with E-state index in [4.69, 9.17) is 0 Å². The summed E-state index contributed by atoms with van der Waals surface area (Å²) in [5, 5.41) is 5.81. The predicted molar refractivity (Wildman–Crippen MR) is 143 cm³/mol. The molecule has 3 aliphatic rings. The fraction of sp³-hybridized carbons (Fsp3) is 0.679. The highest BCUT2D eigenvalue weighted by atomic mass is 19.4. The first kappa shape index (κ1) is 27.8. The minimum Gasteiger partial charge on any atom is -0.388 e. The van der Waals surface area contributed by atoms with Gasteiger partial charge in [0.2, 0.25) is 5.91 Å². The molecule has 0 aromatic heterocycles. The number of carbonyl (C=O) groups excluding carboxylic acids is 1. The van der Waals surface area contributed by atoms with Crippen LogP contribution in [0, 0.1) is 11.8 Å². The van der Waals surface area contributed by atoms with Crippen molar-refractivity contribution in [1.29, 1.82) is 0 Å². The summed E-state index contributed by atoms with van der Waals surface area (Å²) in [6.07, 6.45) is 4.83. The maximum absolute atomic E-state index is 13.4. The molecule has 0 spiro atoms. The number of halogens is 3. The van der Waals surface area contributed by atoms with Crippen LogP contribution in [0.25, 0.3) is 0 Å². The number of hydrogen-bond donors (Lipinski definition) is 2. The van der Waals surface area contributed by atoms with Gasteiger partial charge in [-0.25, -0.2) is 0 Å². The maximum Gasteiger partial charge on any atom is 0.418 e. The molecular formula is C28H42F3N5O. The van der Waals surface area contributed by atoms with E-state index in [0.29, 0.717) is 24.8 Å². The Hall–Kier alpha value is -2.26. The Balaban J connectivity index is 1.23. The lowest BCUT2D eigenvalue weighted by Crippen LogP contribution is -2.52. The van der Waals surface area contributed by atoms with Crippen molar-refractivity contribution in [3.8, 4) is 0 Å². The summed E-state index contributed by atoms with van der Waals surface area (Å²) in [5.74, 6) is 0.770. The Morgan fingerprint density at radius 2 is 1.84 bits per heavy atom. The number of benzene rings is 1. The Labute approximate surface area is 219 Å². The van der Waals surface area contributed by atoms with Crippen molar-refractivity contribution in [3.05, 3.63) is 35.9 Å². The van der Waals surface area contributed by atoms with Crippen molar-refractivity contribution in [2.75, 3.05) is 63.5 Å². The zero-order valence-electron chi connectivity index (χ0n) is 22.4. The van der Waals surface area contributed by atoms with Crippen LogP contribution in [0.2, 0.25) is 0 Å². The summed E-state index contributed by atoms with van der Waals surface area (Å²) < 4.78 is 40.2. The highest BCUT2D eigenvalue weighted by Crippen LogP contribution is 2.36. The van der Waals surface area contributed by atoms with Crippen molar-refractivity contribution in [2.45, 2.75) is 57.8 Å². The van der Waals surface area contributed by atoms with Gasteiger partial charge in [0.1, 0.15) is 0 Å². The van der Waals surface area contributed by atoms with Crippen LogP contribution >= 0.6 is 0 Å². The number of allylic oxidation sites excluding steroid dienone is 1. The molecule has 4 rings (SSSR count). The summed E-state index contributed by atoms with van der Waals surface area (Å²) in [6, 6.07) is 4.73. The molecule has 6 nitrogen and oxygen atoms in total. The third-order valence-electron chi connectivity index (χ3n) is 8.26. The number of rotatable bonds is 8. The number of carbonyl (C=O) groups is 1. The zero-order chi connectivity index (χ0) is 26.6. The Bertz CT molecular complexity index is 944. The van der Waals surface area contributed by atoms with Crippen molar-refractivity contribution >= 4 is 17.3 Å². The van der Waals surface area contributed by atoms with E-state index in [2.05, 4.69) is 39.5 Å². The van der Waals surface area contributed by atoms with Gasteiger partial charge in [0.05, 0.1) is 5.56 Å². The molecule has 1 amide bonds. The van der Waals surface area contributed by atoms with Gasteiger partial charge in [-0.15, -0.1) is 0 Å². The molecule has 0 saturated carbocycles. The molecule has 1 aliphatic carbocycles. The van der Waals surface area contributed by atoms with Crippen molar-refractivity contribution in [1.82, 2.24) is 14.7 Å². The first-order valence-corrected chi connectivity index (χ1v) is 13.8. The van der Waals surface area contributed by atoms with Crippen LogP contribution in [-0.2, 0) is 11.0 Å². The van der Waals surface area contributed by atoms with E-state index in [0.717, 1.165) is 51.1 Å². The SMILES string of the molecule is CCC1C=CC(N2CCN(CC(C)C(=O)N3CC[C@@H](Nc4ccc(NC)c(C(F)(F)F)c4)C3)CC2)CC1. The number of amides is 1. The van der Waals surface area contributed by atoms with Gasteiger partial charge in [-0.3, -0.25) is 9.69 Å². The van der Waals surface area contributed by atoms with Gasteiger partial charge in [0, 0.05) is 82.2 Å². The molecule has 1 aromatic rings. The van der Waals surface area contributed by atoms with E-state index in [9.17, 15) is 18.0 Å². The Morgan fingerprint density at radius 1 is 1.08 bits per heavy atom. The zero-order valence-corrected chi connectivity index (χ0v) is 22.4. The van der Waals surface area contributed by atoms with Crippen molar-refractivity contribution < 1.29 is 18.0 Å². The van der Waals surface area contributed by atoms with Gasteiger partial charge in [0.25, 0.3) is 0 Å². The number of piperazine rings is 1. The molecule has 2 aliphatic heterocycles. The summed E-state index contributed by atoms with van der Waals surface area (Å²) in [4.78, 5) is 20.0. The molecule has 1 aromatic carbocycles. The van der Waals surface area contributed by atoms with Crippen molar-refractivity contribution in [3.63, 3.8) is 0 Å². The normalized spacial score (nSPS) is 26.3. The second kappa shape index (κ2) is 12.1. The minimum absolute atomic E-state index is 0.0521. The molecular weight excluding hydrogens is 479 g/mol. The molecule has 2 N–H and O–H groups in total. The summed E-state index contributed by atoms with van der Waals surface area (Å²) in [7, 11) is 1.48. The summed E-state index contributed by atoms with van der Waals surface area (Å²) in [6.45, 7) is 10.2. The Morgan fingerprint density at radius 3 is 2.46 bits per heavy atom. The monoisotopic (exact) mass is 521 g/mol. The van der Waals surface area contributed by atoms with Crippen molar-refractivity contribution in [2.24, 2.45) is 11.8 Å². The van der Waals surface area contributed by atoms with E-state index in [1.807, 2.05) is 11.8 Å². The molecule has 9 heteroatoms. The largest absolute Gasteiger partial charge is 0.418 e. The molecule has 206 valence electrons. The number of likely N-dealkylation sites (tertiary alicyclic amines) is 1. The molecule has 2 heterocycles. The number of nitrogens with one attached hydrogen (secondary N) is 2. The highest BCUT2D eigenvalue weighted by molar-refractivity contribution is 5.79. The molecule has 37 heavy (non-hydrogen) atoms.